The lowest BCUT2D eigenvalue weighted by atomic mass is 9.82. The molecule has 0 bridgehead atoms. The first kappa shape index (κ1) is 29.5. The zero-order valence-electron chi connectivity index (χ0n) is 28.6. The summed E-state index contributed by atoms with van der Waals surface area (Å²) in [6.07, 6.45) is 0. The Morgan fingerprint density at radius 3 is 1.88 bits per heavy atom. The van der Waals surface area contributed by atoms with Gasteiger partial charge in [-0.05, 0) is 80.6 Å². The highest BCUT2D eigenvalue weighted by Gasteiger charge is 2.37. The van der Waals surface area contributed by atoms with Crippen LogP contribution in [-0.4, -0.2) is 0 Å². The van der Waals surface area contributed by atoms with Crippen LogP contribution in [0.2, 0.25) is 0 Å². The monoisotopic (exact) mass is 653 g/mol. The number of nitrogens with zero attached hydrogens (tertiary/aromatic N) is 1. The van der Waals surface area contributed by atoms with E-state index in [1.54, 1.807) is 0 Å². The second-order valence-electron chi connectivity index (χ2n) is 14.1. The van der Waals surface area contributed by atoms with Gasteiger partial charge in [-0.25, -0.2) is 0 Å². The van der Waals surface area contributed by atoms with E-state index in [9.17, 15) is 0 Å². The van der Waals surface area contributed by atoms with E-state index in [2.05, 4.69) is 189 Å². The van der Waals surface area contributed by atoms with E-state index in [1.807, 2.05) is 6.07 Å². The van der Waals surface area contributed by atoms with Crippen LogP contribution in [0.25, 0.3) is 66.1 Å². The van der Waals surface area contributed by atoms with E-state index in [1.165, 1.54) is 49.7 Å². The van der Waals surface area contributed by atoms with Crippen molar-refractivity contribution in [2.24, 2.45) is 0 Å². The molecule has 9 aromatic rings. The van der Waals surface area contributed by atoms with E-state index in [4.69, 9.17) is 4.42 Å². The molecular weight excluding hydrogens is 619 g/mol. The molecule has 0 amide bonds. The van der Waals surface area contributed by atoms with Crippen LogP contribution >= 0.6 is 0 Å². The van der Waals surface area contributed by atoms with Crippen molar-refractivity contribution in [1.29, 1.82) is 0 Å². The summed E-state index contributed by atoms with van der Waals surface area (Å²) in [5.74, 6) is 0. The summed E-state index contributed by atoms with van der Waals surface area (Å²) in [7, 11) is 0. The van der Waals surface area contributed by atoms with Gasteiger partial charge < -0.3 is 9.32 Å². The molecule has 51 heavy (non-hydrogen) atoms. The van der Waals surface area contributed by atoms with E-state index in [-0.39, 0.29) is 5.41 Å². The third-order valence-corrected chi connectivity index (χ3v) is 10.9. The molecule has 242 valence electrons. The largest absolute Gasteiger partial charge is 0.456 e. The first-order valence-corrected chi connectivity index (χ1v) is 17.7. The summed E-state index contributed by atoms with van der Waals surface area (Å²) < 4.78 is 6.49. The molecule has 1 aliphatic rings. The first-order chi connectivity index (χ1) is 25.1. The van der Waals surface area contributed by atoms with Gasteiger partial charge in [-0.3, -0.25) is 0 Å². The molecule has 0 saturated heterocycles. The second-order valence-corrected chi connectivity index (χ2v) is 14.1. The maximum atomic E-state index is 6.49. The summed E-state index contributed by atoms with van der Waals surface area (Å²) >= 11 is 0. The maximum Gasteiger partial charge on any atom is 0.137 e. The average molecular weight is 654 g/mol. The molecular formula is C49H35NO. The number of fused-ring (bicyclic) bond motifs is 7. The minimum atomic E-state index is -0.0967. The van der Waals surface area contributed by atoms with Crippen molar-refractivity contribution in [2.75, 3.05) is 4.90 Å². The third-order valence-electron chi connectivity index (χ3n) is 10.9. The van der Waals surface area contributed by atoms with E-state index >= 15 is 0 Å². The first-order valence-electron chi connectivity index (χ1n) is 17.7. The van der Waals surface area contributed by atoms with Crippen LogP contribution in [0.5, 0.6) is 0 Å². The second kappa shape index (κ2) is 11.3. The quantitative estimate of drug-likeness (QED) is 0.184. The number of anilines is 3. The van der Waals surface area contributed by atoms with Gasteiger partial charge >= 0.3 is 0 Å². The molecule has 0 N–H and O–H groups in total. The van der Waals surface area contributed by atoms with Crippen LogP contribution in [0, 0.1) is 0 Å². The summed E-state index contributed by atoms with van der Waals surface area (Å²) in [6, 6.07) is 63.7. The highest BCUT2D eigenvalue weighted by Crippen LogP contribution is 2.54. The fraction of sp³-hybridized carbons (Fsp3) is 0.0612. The van der Waals surface area contributed by atoms with Crippen LogP contribution in [-0.2, 0) is 5.41 Å². The Morgan fingerprint density at radius 1 is 0.431 bits per heavy atom. The number of furan rings is 1. The van der Waals surface area contributed by atoms with Crippen molar-refractivity contribution in [3.63, 3.8) is 0 Å². The normalized spacial score (nSPS) is 13.1. The fourth-order valence-corrected chi connectivity index (χ4v) is 8.48. The zero-order chi connectivity index (χ0) is 34.1. The minimum absolute atomic E-state index is 0.0967. The van der Waals surface area contributed by atoms with E-state index in [0.29, 0.717) is 0 Å². The lowest BCUT2D eigenvalue weighted by Gasteiger charge is -2.31. The molecule has 0 atom stereocenters. The molecule has 1 aromatic heterocycles. The molecule has 1 aliphatic carbocycles. The maximum absolute atomic E-state index is 6.49. The highest BCUT2D eigenvalue weighted by atomic mass is 16.3. The van der Waals surface area contributed by atoms with E-state index in [0.717, 1.165) is 44.6 Å². The minimum Gasteiger partial charge on any atom is -0.456 e. The van der Waals surface area contributed by atoms with Gasteiger partial charge in [0, 0.05) is 21.9 Å². The number of rotatable bonds is 5. The van der Waals surface area contributed by atoms with Gasteiger partial charge in [-0.2, -0.15) is 0 Å². The molecule has 2 nitrogen and oxygen atoms in total. The molecule has 1 heterocycles. The zero-order valence-corrected chi connectivity index (χ0v) is 28.6. The van der Waals surface area contributed by atoms with Crippen LogP contribution < -0.4 is 4.90 Å². The predicted octanol–water partition coefficient (Wildman–Crippen LogP) is 13.8. The van der Waals surface area contributed by atoms with Gasteiger partial charge in [0.1, 0.15) is 11.2 Å². The summed E-state index contributed by atoms with van der Waals surface area (Å²) in [6.45, 7) is 4.70. The summed E-state index contributed by atoms with van der Waals surface area (Å²) in [5.41, 5.74) is 15.1. The molecule has 0 radical (unpaired) electrons. The summed E-state index contributed by atoms with van der Waals surface area (Å²) in [5, 5.41) is 4.66. The molecule has 0 spiro atoms. The lowest BCUT2D eigenvalue weighted by molar-refractivity contribution is 0.660. The van der Waals surface area contributed by atoms with Crippen molar-refractivity contribution >= 4 is 49.8 Å². The smallest absolute Gasteiger partial charge is 0.137 e. The van der Waals surface area contributed by atoms with Gasteiger partial charge in [-0.15, -0.1) is 0 Å². The van der Waals surface area contributed by atoms with Crippen LogP contribution in [0.1, 0.15) is 25.0 Å². The SMILES string of the molecule is CC1(C)c2ccccc2-c2c(-c3ccccc3N(c3ccccc3-c3ccc4ccccc4c3)c3cccc4oc5ccccc5c34)cccc21. The van der Waals surface area contributed by atoms with Gasteiger partial charge in [0.05, 0.1) is 22.4 Å². The van der Waals surface area contributed by atoms with Gasteiger partial charge in [0.25, 0.3) is 0 Å². The number of benzene rings is 8. The Hall–Kier alpha value is -6.38. The Bertz CT molecular complexity index is 2800. The van der Waals surface area contributed by atoms with Crippen molar-refractivity contribution in [1.82, 2.24) is 0 Å². The van der Waals surface area contributed by atoms with Crippen LogP contribution in [0.3, 0.4) is 0 Å². The Morgan fingerprint density at radius 2 is 1.02 bits per heavy atom. The van der Waals surface area contributed by atoms with Gasteiger partial charge in [-0.1, -0.05) is 153 Å². The van der Waals surface area contributed by atoms with Crippen molar-refractivity contribution in [3.05, 3.63) is 187 Å². The van der Waals surface area contributed by atoms with Crippen molar-refractivity contribution < 1.29 is 4.42 Å². The van der Waals surface area contributed by atoms with Crippen LogP contribution in [0.15, 0.2) is 180 Å². The topological polar surface area (TPSA) is 16.4 Å². The number of hydrogen-bond acceptors (Lipinski definition) is 2. The molecule has 2 heteroatoms. The molecule has 8 aromatic carbocycles. The Kier molecular flexibility index (Phi) is 6.56. The molecule has 0 fully saturated rings. The van der Waals surface area contributed by atoms with Crippen molar-refractivity contribution in [2.45, 2.75) is 19.3 Å². The molecule has 0 aliphatic heterocycles. The summed E-state index contributed by atoms with van der Waals surface area (Å²) in [4.78, 5) is 2.47. The fourth-order valence-electron chi connectivity index (χ4n) is 8.48. The van der Waals surface area contributed by atoms with Gasteiger partial charge in [0.15, 0.2) is 0 Å². The Balaban J connectivity index is 1.29. The van der Waals surface area contributed by atoms with E-state index < -0.39 is 0 Å². The third kappa shape index (κ3) is 4.50. The number of hydrogen-bond donors (Lipinski definition) is 0. The Labute approximate surface area is 297 Å². The molecule has 10 rings (SSSR count). The number of para-hydroxylation sites is 3. The van der Waals surface area contributed by atoms with Gasteiger partial charge in [0.2, 0.25) is 0 Å². The molecule has 0 saturated carbocycles. The lowest BCUT2D eigenvalue weighted by Crippen LogP contribution is -2.15. The highest BCUT2D eigenvalue weighted by molar-refractivity contribution is 6.14. The predicted molar refractivity (Wildman–Crippen MR) is 214 cm³/mol. The standard InChI is InChI=1S/C49H35NO/c1-49(2)40-22-9-5-19-38(40)47-37(21-13-23-41(47)49)36-18-7-11-25-43(36)50(44-26-14-28-46-48(44)39-20-8-12-27-45(39)51-46)42-24-10-6-17-35(42)34-30-29-32-15-3-4-16-33(32)31-34/h3-31H,1-2H3. The average Bonchev–Trinajstić information content (AvgIpc) is 3.68. The molecule has 0 unspecified atom stereocenters. The van der Waals surface area contributed by atoms with Crippen LogP contribution in [0.4, 0.5) is 17.1 Å². The van der Waals surface area contributed by atoms with Crippen molar-refractivity contribution in [3.8, 4) is 33.4 Å².